The standard InChI is InChI=1S/C6H4N3.4CH3.F6P.U/c1-2-4-6-5(3-1)7-9-8-6;;;;;1-7(2,3,4,5)6;/h1-3H,(H,7,8,9);4*1H3;;/q;;;;;-1;+1. The number of aromatic nitrogens is 3. The van der Waals surface area contributed by atoms with Crippen LogP contribution in [-0.2, 0) is 0 Å². The first-order valence-electron chi connectivity index (χ1n) is 5.91. The summed E-state index contributed by atoms with van der Waals surface area (Å²) in [4.78, 5) is 0. The molecule has 21 heavy (non-hydrogen) atoms. The first-order valence-corrected chi connectivity index (χ1v) is 26.7. The monoisotopic (exact) mass is 561 g/mol. The first-order chi connectivity index (χ1) is 8.80. The molecule has 1 aromatic heterocycles. The van der Waals surface area contributed by atoms with Gasteiger partial charge in [0, 0.05) is 0 Å². The quantitative estimate of drug-likeness (QED) is 0.351. The number of nitrogens with one attached hydrogen (secondary N) is 1. The van der Waals surface area contributed by atoms with Crippen molar-refractivity contribution in [3.8, 4) is 0 Å². The summed E-state index contributed by atoms with van der Waals surface area (Å²) in [7, 11) is -10.7. The maximum absolute atomic E-state index is 10.7. The van der Waals surface area contributed by atoms with E-state index in [1.807, 2.05) is 6.07 Å². The number of aromatic amines is 1. The van der Waals surface area contributed by atoms with Crippen molar-refractivity contribution in [2.24, 2.45) is 0 Å². The topological polar surface area (TPSA) is 41.6 Å². The zero-order chi connectivity index (χ0) is 16.8. The van der Waals surface area contributed by atoms with Crippen LogP contribution in [-0.4, -0.2) is 15.4 Å². The molecule has 0 bridgehead atoms. The second-order valence-electron chi connectivity index (χ2n) is 6.97. The molecule has 0 saturated heterocycles. The summed E-state index contributed by atoms with van der Waals surface area (Å²) in [5.41, 5.74) is 2.13. The van der Waals surface area contributed by atoms with Gasteiger partial charge < -0.3 is 0 Å². The van der Waals surface area contributed by atoms with E-state index in [9.17, 15) is 25.2 Å². The van der Waals surface area contributed by atoms with Crippen LogP contribution in [0.15, 0.2) is 18.2 Å². The van der Waals surface area contributed by atoms with Crippen LogP contribution < -0.4 is 2.60 Å². The molecule has 1 N–H and O–H groups in total. The third-order valence-corrected chi connectivity index (χ3v) is 13.1. The fraction of sp³-hybridized carbons (Fsp3) is 0.400. The van der Waals surface area contributed by atoms with E-state index in [1.54, 1.807) is 0 Å². The van der Waals surface area contributed by atoms with Crippen molar-refractivity contribution in [2.45, 2.75) is 15.8 Å². The Labute approximate surface area is 118 Å². The van der Waals surface area contributed by atoms with Crippen molar-refractivity contribution in [1.29, 1.82) is 0 Å². The summed E-state index contributed by atoms with van der Waals surface area (Å²) in [6.07, 6.45) is 0. The maximum atomic E-state index is 9.87. The predicted octanol–water partition coefficient (Wildman–Crippen LogP) is 5.85. The van der Waals surface area contributed by atoms with E-state index in [-0.39, 0.29) is 0 Å². The summed E-state index contributed by atoms with van der Waals surface area (Å²) in [5, 5.41) is 11.0. The van der Waals surface area contributed by atoms with E-state index in [4.69, 9.17) is 0 Å². The molecule has 3 nitrogen and oxygen atoms in total. The number of halogens is 6. The summed E-state index contributed by atoms with van der Waals surface area (Å²) < 4.78 is 70.3. The van der Waals surface area contributed by atoms with Gasteiger partial charge in [-0.05, 0) is 0 Å². The number of rotatable bonds is 1. The van der Waals surface area contributed by atoms with E-state index in [0.717, 1.165) is 11.0 Å². The van der Waals surface area contributed by atoms with Gasteiger partial charge in [-0.25, -0.2) is 0 Å². The van der Waals surface area contributed by atoms with Crippen LogP contribution in [0.4, 0.5) is 25.2 Å². The van der Waals surface area contributed by atoms with Gasteiger partial charge in [-0.2, -0.15) is 0 Å². The van der Waals surface area contributed by atoms with Crippen LogP contribution in [0, 0.1) is 22.7 Å². The van der Waals surface area contributed by atoms with Crippen molar-refractivity contribution in [3.05, 3.63) is 18.2 Å². The van der Waals surface area contributed by atoms with Crippen molar-refractivity contribution >= 4 is 21.4 Å². The van der Waals surface area contributed by atoms with Crippen molar-refractivity contribution < 1.29 is 47.8 Å². The van der Waals surface area contributed by atoms with Crippen molar-refractivity contribution in [2.75, 3.05) is 0 Å². The Bertz CT molecular complexity index is 650. The van der Waals surface area contributed by atoms with Gasteiger partial charge in [-0.3, -0.25) is 0 Å². The Morgan fingerprint density at radius 2 is 1.43 bits per heavy atom. The number of fused-ring (bicyclic) bond motifs is 1. The Balaban J connectivity index is 0.000000270. The Morgan fingerprint density at radius 3 is 1.86 bits per heavy atom. The molecule has 1 aromatic carbocycles. The third-order valence-electron chi connectivity index (χ3n) is 2.43. The molecular weight excluding hydrogens is 545 g/mol. The number of hydrogen-bond acceptors (Lipinski definition) is 2. The van der Waals surface area contributed by atoms with Crippen LogP contribution in [0.5, 0.6) is 0 Å². The normalized spacial score (nSPS) is 17.9. The molecule has 11 heteroatoms. The SMILES string of the molecule is F[P-](F)(F)(F)(F)F.[CH3][U+]([CH3])([CH3])([CH3])[c]1cccc2[nH]nnc12. The van der Waals surface area contributed by atoms with Gasteiger partial charge in [-0.15, -0.1) is 0 Å². The van der Waals surface area contributed by atoms with E-state index in [1.165, 1.54) is 2.60 Å². The van der Waals surface area contributed by atoms with Crippen molar-refractivity contribution in [1.82, 2.24) is 15.4 Å². The van der Waals surface area contributed by atoms with Gasteiger partial charge in [0.15, 0.2) is 0 Å². The van der Waals surface area contributed by atoms with Gasteiger partial charge in [-0.1, -0.05) is 0 Å². The van der Waals surface area contributed by atoms with Gasteiger partial charge >= 0.3 is 119 Å². The van der Waals surface area contributed by atoms with Gasteiger partial charge in [0.25, 0.3) is 0 Å². The molecule has 0 aliphatic rings. The molecule has 122 valence electrons. The van der Waals surface area contributed by atoms with Gasteiger partial charge in [0.2, 0.25) is 0 Å². The first kappa shape index (κ1) is 18.7. The minimum atomic E-state index is -10.7. The molecule has 0 unspecified atom stereocenters. The average molecular weight is 561 g/mol. The Hall–Kier alpha value is -0.318. The molecule has 0 saturated carbocycles. The molecule has 0 spiro atoms. The van der Waals surface area contributed by atoms with Crippen LogP contribution in [0.2, 0.25) is 15.8 Å². The second-order valence-corrected chi connectivity index (χ2v) is 44.4. The number of nitrogens with zero attached hydrogens (tertiary/aromatic N) is 2. The van der Waals surface area contributed by atoms with Crippen LogP contribution in [0.3, 0.4) is 0 Å². The van der Waals surface area contributed by atoms with Crippen LogP contribution >= 0.6 is 7.81 Å². The molecule has 0 aliphatic heterocycles. The van der Waals surface area contributed by atoms with Gasteiger partial charge in [0.1, 0.15) is 0 Å². The minimum absolute atomic E-state index is 1.06. The molecule has 0 radical (unpaired) electrons. The van der Waals surface area contributed by atoms with Crippen LogP contribution in [0.25, 0.3) is 11.0 Å². The summed E-state index contributed by atoms with van der Waals surface area (Å²) >= 11 is -2.80. The van der Waals surface area contributed by atoms with Crippen molar-refractivity contribution in [3.63, 3.8) is 0 Å². The summed E-state index contributed by atoms with van der Waals surface area (Å²) in [5.74, 6) is 0. The van der Waals surface area contributed by atoms with Crippen LogP contribution in [0.1, 0.15) is 0 Å². The molecular formula is C10H16F6N3PU. The fourth-order valence-electron chi connectivity index (χ4n) is 1.68. The average Bonchev–Trinajstić information content (AvgIpc) is 2.55. The zero-order valence-corrected chi connectivity index (χ0v) is 16.9. The Morgan fingerprint density at radius 1 is 0.952 bits per heavy atom. The molecule has 2 rings (SSSR count). The second kappa shape index (κ2) is 4.36. The third kappa shape index (κ3) is 8.03. The molecule has 0 fully saturated rings. The van der Waals surface area contributed by atoms with Gasteiger partial charge in [0.05, 0.1) is 0 Å². The zero-order valence-electron chi connectivity index (χ0n) is 11.8. The summed E-state index contributed by atoms with van der Waals surface area (Å²) in [6, 6.07) is 6.33. The van der Waals surface area contributed by atoms with E-state index >= 15 is 0 Å². The van der Waals surface area contributed by atoms with E-state index < -0.39 is 30.5 Å². The molecule has 1 heterocycles. The van der Waals surface area contributed by atoms with E-state index in [0.29, 0.717) is 0 Å². The predicted molar refractivity (Wildman–Crippen MR) is 70.5 cm³/mol. The molecule has 2 aromatic rings. The van der Waals surface area contributed by atoms with E-state index in [2.05, 4.69) is 43.4 Å². The molecule has 0 amide bonds. The molecule has 0 aliphatic carbocycles. The molecule has 0 atom stereocenters. The number of benzene rings is 1. The number of hydrogen-bond donors (Lipinski definition) is 1. The fourth-order valence-corrected chi connectivity index (χ4v) is 9.57. The summed E-state index contributed by atoms with van der Waals surface area (Å²) in [6.45, 7) is 0. The number of H-pyrrole nitrogens is 1. The Kier molecular flexibility index (Phi) is 3.89.